The number of anilines is 1. The standard InChI is InChI=1S/C16H27N3O.HI/c1-12(2)10-14(8-9-20)11-18-16(17)19-15-6-4-13(3)5-7-15;/h4-7,12,14,20H,8-11H2,1-3H3,(H3,17,18,19);1H. The van der Waals surface area contributed by atoms with Crippen molar-refractivity contribution in [1.29, 1.82) is 0 Å². The molecule has 0 bridgehead atoms. The van der Waals surface area contributed by atoms with Crippen molar-refractivity contribution in [2.24, 2.45) is 22.6 Å². The molecule has 0 aliphatic carbocycles. The topological polar surface area (TPSA) is 70.6 Å². The van der Waals surface area contributed by atoms with E-state index in [2.05, 4.69) is 24.2 Å². The van der Waals surface area contributed by atoms with Crippen LogP contribution in [0.1, 0.15) is 32.3 Å². The summed E-state index contributed by atoms with van der Waals surface area (Å²) < 4.78 is 0. The lowest BCUT2D eigenvalue weighted by molar-refractivity contribution is 0.246. The van der Waals surface area contributed by atoms with E-state index in [0.717, 1.165) is 18.5 Å². The van der Waals surface area contributed by atoms with Crippen molar-refractivity contribution >= 4 is 35.6 Å². The Morgan fingerprint density at radius 1 is 1.29 bits per heavy atom. The summed E-state index contributed by atoms with van der Waals surface area (Å²) in [6.07, 6.45) is 1.83. The van der Waals surface area contributed by atoms with Gasteiger partial charge in [0.2, 0.25) is 0 Å². The highest BCUT2D eigenvalue weighted by molar-refractivity contribution is 14.0. The second kappa shape index (κ2) is 10.8. The second-order valence-corrected chi connectivity index (χ2v) is 5.72. The molecule has 1 rings (SSSR count). The summed E-state index contributed by atoms with van der Waals surface area (Å²) >= 11 is 0. The van der Waals surface area contributed by atoms with Crippen molar-refractivity contribution < 1.29 is 5.11 Å². The predicted octanol–water partition coefficient (Wildman–Crippen LogP) is 3.38. The fraction of sp³-hybridized carbons (Fsp3) is 0.562. The van der Waals surface area contributed by atoms with Gasteiger partial charge in [-0.1, -0.05) is 31.5 Å². The van der Waals surface area contributed by atoms with E-state index in [-0.39, 0.29) is 30.6 Å². The Bertz CT molecular complexity index is 418. The van der Waals surface area contributed by atoms with Gasteiger partial charge in [-0.3, -0.25) is 4.99 Å². The minimum Gasteiger partial charge on any atom is -0.396 e. The van der Waals surface area contributed by atoms with E-state index in [9.17, 15) is 0 Å². The number of benzene rings is 1. The zero-order valence-electron chi connectivity index (χ0n) is 13.2. The van der Waals surface area contributed by atoms with Crippen LogP contribution in [0.25, 0.3) is 0 Å². The van der Waals surface area contributed by atoms with Crippen LogP contribution in [0.5, 0.6) is 0 Å². The molecule has 0 heterocycles. The summed E-state index contributed by atoms with van der Waals surface area (Å²) in [5, 5.41) is 12.2. The Labute approximate surface area is 145 Å². The molecule has 0 spiro atoms. The number of halogens is 1. The maximum absolute atomic E-state index is 9.08. The smallest absolute Gasteiger partial charge is 0.193 e. The van der Waals surface area contributed by atoms with Crippen LogP contribution in [0.2, 0.25) is 0 Å². The Morgan fingerprint density at radius 2 is 1.90 bits per heavy atom. The van der Waals surface area contributed by atoms with E-state index < -0.39 is 0 Å². The Kier molecular flexibility index (Phi) is 10.4. The van der Waals surface area contributed by atoms with Gasteiger partial charge in [0.05, 0.1) is 0 Å². The molecule has 0 aliphatic heterocycles. The van der Waals surface area contributed by atoms with Gasteiger partial charge in [0, 0.05) is 18.8 Å². The molecule has 0 aromatic heterocycles. The van der Waals surface area contributed by atoms with E-state index in [4.69, 9.17) is 10.8 Å². The van der Waals surface area contributed by atoms with Crippen molar-refractivity contribution in [2.45, 2.75) is 33.6 Å². The Balaban J connectivity index is 0.00000400. The first kappa shape index (κ1) is 20.2. The number of nitrogens with zero attached hydrogens (tertiary/aromatic N) is 1. The highest BCUT2D eigenvalue weighted by Crippen LogP contribution is 2.15. The number of aryl methyl sites for hydroxylation is 1. The number of aliphatic imine (C=N–C) groups is 1. The monoisotopic (exact) mass is 405 g/mol. The largest absolute Gasteiger partial charge is 0.396 e. The van der Waals surface area contributed by atoms with Crippen LogP contribution < -0.4 is 11.1 Å². The average Bonchev–Trinajstić information content (AvgIpc) is 2.38. The van der Waals surface area contributed by atoms with Crippen LogP contribution in [-0.4, -0.2) is 24.2 Å². The van der Waals surface area contributed by atoms with Crippen molar-refractivity contribution in [3.63, 3.8) is 0 Å². The first-order valence-electron chi connectivity index (χ1n) is 7.25. The fourth-order valence-electron chi connectivity index (χ4n) is 2.18. The first-order valence-corrected chi connectivity index (χ1v) is 7.25. The molecule has 0 fully saturated rings. The SMILES string of the molecule is Cc1ccc(NC(N)=NCC(CCO)CC(C)C)cc1.I. The normalized spacial score (nSPS) is 12.9. The summed E-state index contributed by atoms with van der Waals surface area (Å²) in [6, 6.07) is 8.03. The van der Waals surface area contributed by atoms with E-state index in [0.29, 0.717) is 24.3 Å². The zero-order chi connectivity index (χ0) is 15.0. The van der Waals surface area contributed by atoms with E-state index >= 15 is 0 Å². The van der Waals surface area contributed by atoms with Crippen LogP contribution in [-0.2, 0) is 0 Å². The van der Waals surface area contributed by atoms with Crippen molar-refractivity contribution in [1.82, 2.24) is 0 Å². The number of nitrogens with one attached hydrogen (secondary N) is 1. The van der Waals surface area contributed by atoms with Crippen molar-refractivity contribution in [3.05, 3.63) is 29.8 Å². The van der Waals surface area contributed by atoms with Gasteiger partial charge in [0.1, 0.15) is 0 Å². The number of hydrogen-bond donors (Lipinski definition) is 3. The molecule has 5 heteroatoms. The summed E-state index contributed by atoms with van der Waals surface area (Å²) in [5.74, 6) is 1.42. The molecule has 1 atom stereocenters. The van der Waals surface area contributed by atoms with Crippen molar-refractivity contribution in [2.75, 3.05) is 18.5 Å². The maximum atomic E-state index is 9.08. The molecule has 120 valence electrons. The third-order valence-corrected chi connectivity index (χ3v) is 3.19. The summed E-state index contributed by atoms with van der Waals surface area (Å²) in [7, 11) is 0. The van der Waals surface area contributed by atoms with Crippen LogP contribution in [0.15, 0.2) is 29.3 Å². The molecular weight excluding hydrogens is 377 g/mol. The number of hydrogen-bond acceptors (Lipinski definition) is 2. The molecule has 1 unspecified atom stereocenters. The third-order valence-electron chi connectivity index (χ3n) is 3.19. The van der Waals surface area contributed by atoms with Gasteiger partial charge >= 0.3 is 0 Å². The molecule has 0 aliphatic rings. The zero-order valence-corrected chi connectivity index (χ0v) is 15.5. The van der Waals surface area contributed by atoms with Gasteiger partial charge in [0.15, 0.2) is 5.96 Å². The van der Waals surface area contributed by atoms with Gasteiger partial charge in [0.25, 0.3) is 0 Å². The van der Waals surface area contributed by atoms with Crippen molar-refractivity contribution in [3.8, 4) is 0 Å². The number of nitrogens with two attached hydrogens (primary N) is 1. The lowest BCUT2D eigenvalue weighted by Gasteiger charge is -2.16. The average molecular weight is 405 g/mol. The molecule has 1 aromatic rings. The molecule has 0 saturated carbocycles. The number of aliphatic hydroxyl groups is 1. The lowest BCUT2D eigenvalue weighted by Crippen LogP contribution is -2.24. The number of aliphatic hydroxyl groups excluding tert-OH is 1. The lowest BCUT2D eigenvalue weighted by atomic mass is 9.94. The minimum atomic E-state index is 0. The third kappa shape index (κ3) is 8.93. The predicted molar refractivity (Wildman–Crippen MR) is 101 cm³/mol. The van der Waals surface area contributed by atoms with E-state index in [1.54, 1.807) is 0 Å². The van der Waals surface area contributed by atoms with E-state index in [1.165, 1.54) is 5.56 Å². The van der Waals surface area contributed by atoms with Gasteiger partial charge in [-0.25, -0.2) is 0 Å². The van der Waals surface area contributed by atoms with Crippen LogP contribution in [0.3, 0.4) is 0 Å². The molecule has 1 aromatic carbocycles. The molecule has 0 saturated heterocycles. The summed E-state index contributed by atoms with van der Waals surface area (Å²) in [4.78, 5) is 4.39. The van der Waals surface area contributed by atoms with E-state index in [1.807, 2.05) is 31.2 Å². The molecule has 4 nitrogen and oxygen atoms in total. The Hall–Kier alpha value is -0.820. The number of guanidine groups is 1. The van der Waals surface area contributed by atoms with Crippen LogP contribution >= 0.6 is 24.0 Å². The maximum Gasteiger partial charge on any atom is 0.193 e. The molecule has 21 heavy (non-hydrogen) atoms. The summed E-state index contributed by atoms with van der Waals surface area (Å²) in [5.41, 5.74) is 8.05. The highest BCUT2D eigenvalue weighted by Gasteiger charge is 2.10. The molecule has 4 N–H and O–H groups in total. The fourth-order valence-corrected chi connectivity index (χ4v) is 2.18. The minimum absolute atomic E-state index is 0. The highest BCUT2D eigenvalue weighted by atomic mass is 127. The number of rotatable bonds is 7. The van der Waals surface area contributed by atoms with Gasteiger partial charge in [-0.15, -0.1) is 24.0 Å². The molecule has 0 radical (unpaired) electrons. The quantitative estimate of drug-likeness (QED) is 0.370. The van der Waals surface area contributed by atoms with Crippen LogP contribution in [0.4, 0.5) is 5.69 Å². The summed E-state index contributed by atoms with van der Waals surface area (Å²) in [6.45, 7) is 7.28. The van der Waals surface area contributed by atoms with Gasteiger partial charge in [-0.2, -0.15) is 0 Å². The molecule has 0 amide bonds. The molecular formula is C16H28IN3O. The first-order chi connectivity index (χ1) is 9.51. The van der Waals surface area contributed by atoms with Gasteiger partial charge in [-0.05, 0) is 43.7 Å². The Morgan fingerprint density at radius 3 is 2.43 bits per heavy atom. The van der Waals surface area contributed by atoms with Crippen LogP contribution in [0, 0.1) is 18.8 Å². The van der Waals surface area contributed by atoms with Gasteiger partial charge < -0.3 is 16.2 Å². The second-order valence-electron chi connectivity index (χ2n) is 5.72.